The lowest BCUT2D eigenvalue weighted by atomic mass is 10.1. The molecule has 2 aromatic carbocycles. The molecular weight excluding hydrogens is 246 g/mol. The number of benzene rings is 2. The maximum Gasteiger partial charge on any atom is 0.0956 e. The zero-order valence-electron chi connectivity index (χ0n) is 11.4. The summed E-state index contributed by atoms with van der Waals surface area (Å²) in [6.45, 7) is 2.17. The van der Waals surface area contributed by atoms with Gasteiger partial charge in [0.05, 0.1) is 24.3 Å². The smallest absolute Gasteiger partial charge is 0.0956 e. The number of aromatic nitrogens is 2. The summed E-state index contributed by atoms with van der Waals surface area (Å²) in [5, 5.41) is 0. The van der Waals surface area contributed by atoms with Gasteiger partial charge in [-0.25, -0.2) is 4.98 Å². The van der Waals surface area contributed by atoms with Crippen LogP contribution in [-0.4, -0.2) is 9.55 Å². The van der Waals surface area contributed by atoms with Crippen LogP contribution >= 0.6 is 0 Å². The monoisotopic (exact) mass is 263 g/mol. The highest BCUT2D eigenvalue weighted by Crippen LogP contribution is 2.26. The first kappa shape index (κ1) is 12.5. The molecule has 0 amide bonds. The molecule has 0 saturated heterocycles. The number of imidazole rings is 1. The van der Waals surface area contributed by atoms with E-state index in [1.807, 2.05) is 42.9 Å². The molecular formula is C17H17N3. The largest absolute Gasteiger partial charge is 0.399 e. The summed E-state index contributed by atoms with van der Waals surface area (Å²) in [6.07, 6.45) is 3.78. The normalized spacial score (nSPS) is 12.2. The van der Waals surface area contributed by atoms with Crippen molar-refractivity contribution in [3.05, 3.63) is 72.7 Å². The van der Waals surface area contributed by atoms with E-state index in [9.17, 15) is 0 Å². The topological polar surface area (TPSA) is 43.8 Å². The van der Waals surface area contributed by atoms with E-state index in [4.69, 9.17) is 5.73 Å². The van der Waals surface area contributed by atoms with E-state index in [1.165, 1.54) is 11.1 Å². The van der Waals surface area contributed by atoms with Gasteiger partial charge in [-0.05, 0) is 30.2 Å². The lowest BCUT2D eigenvalue weighted by molar-refractivity contribution is 0.644. The number of hydrogen-bond acceptors (Lipinski definition) is 2. The predicted molar refractivity (Wildman–Crippen MR) is 82.3 cm³/mol. The second-order valence-corrected chi connectivity index (χ2v) is 4.89. The first-order chi connectivity index (χ1) is 9.75. The van der Waals surface area contributed by atoms with Gasteiger partial charge in [-0.1, -0.05) is 42.5 Å². The summed E-state index contributed by atoms with van der Waals surface area (Å²) in [6, 6.07) is 18.5. The second kappa shape index (κ2) is 5.21. The van der Waals surface area contributed by atoms with Gasteiger partial charge in [-0.3, -0.25) is 0 Å². The van der Waals surface area contributed by atoms with Crippen LogP contribution in [-0.2, 0) is 0 Å². The molecule has 3 heteroatoms. The molecule has 0 saturated carbocycles. The van der Waals surface area contributed by atoms with Gasteiger partial charge in [0, 0.05) is 5.69 Å². The Hall–Kier alpha value is -2.55. The maximum absolute atomic E-state index is 5.75. The summed E-state index contributed by atoms with van der Waals surface area (Å²) in [5.74, 6) is 0. The van der Waals surface area contributed by atoms with Gasteiger partial charge in [0.15, 0.2) is 0 Å². The van der Waals surface area contributed by atoms with Crippen LogP contribution in [0.15, 0.2) is 67.1 Å². The molecule has 100 valence electrons. The van der Waals surface area contributed by atoms with E-state index < -0.39 is 0 Å². The Morgan fingerprint density at radius 1 is 1.00 bits per heavy atom. The third kappa shape index (κ3) is 2.30. The Morgan fingerprint density at radius 3 is 2.40 bits per heavy atom. The van der Waals surface area contributed by atoms with Gasteiger partial charge in [-0.2, -0.15) is 0 Å². The molecule has 3 nitrogen and oxygen atoms in total. The minimum absolute atomic E-state index is 0.216. The van der Waals surface area contributed by atoms with Crippen LogP contribution in [0, 0.1) is 0 Å². The van der Waals surface area contributed by atoms with Crippen LogP contribution in [0.3, 0.4) is 0 Å². The molecule has 1 unspecified atom stereocenters. The van der Waals surface area contributed by atoms with Gasteiger partial charge in [0.2, 0.25) is 0 Å². The van der Waals surface area contributed by atoms with Crippen molar-refractivity contribution in [3.8, 4) is 11.3 Å². The van der Waals surface area contributed by atoms with Crippen molar-refractivity contribution in [2.45, 2.75) is 13.0 Å². The molecule has 0 aliphatic rings. The fraction of sp³-hybridized carbons (Fsp3) is 0.118. The van der Waals surface area contributed by atoms with E-state index in [0.29, 0.717) is 0 Å². The van der Waals surface area contributed by atoms with Crippen molar-refractivity contribution in [2.24, 2.45) is 0 Å². The molecule has 2 N–H and O–H groups in total. The van der Waals surface area contributed by atoms with Crippen molar-refractivity contribution in [3.63, 3.8) is 0 Å². The molecule has 1 atom stereocenters. The van der Waals surface area contributed by atoms with Crippen LogP contribution in [0.2, 0.25) is 0 Å². The first-order valence-corrected chi connectivity index (χ1v) is 6.68. The summed E-state index contributed by atoms with van der Waals surface area (Å²) in [4.78, 5) is 4.30. The summed E-state index contributed by atoms with van der Waals surface area (Å²) in [7, 11) is 0. The number of rotatable bonds is 3. The Balaban J connectivity index is 1.99. The summed E-state index contributed by atoms with van der Waals surface area (Å²) >= 11 is 0. The molecule has 0 radical (unpaired) electrons. The van der Waals surface area contributed by atoms with Gasteiger partial charge >= 0.3 is 0 Å². The van der Waals surface area contributed by atoms with Crippen LogP contribution in [0.4, 0.5) is 5.69 Å². The summed E-state index contributed by atoms with van der Waals surface area (Å²) < 4.78 is 2.18. The SMILES string of the molecule is CC(c1ccc(N)cc1)n1cncc1-c1ccccc1. The van der Waals surface area contributed by atoms with Crippen molar-refractivity contribution in [2.75, 3.05) is 5.73 Å². The Morgan fingerprint density at radius 2 is 1.70 bits per heavy atom. The molecule has 3 rings (SSSR count). The van der Waals surface area contributed by atoms with Crippen LogP contribution in [0.25, 0.3) is 11.3 Å². The van der Waals surface area contributed by atoms with Gasteiger partial charge in [0.25, 0.3) is 0 Å². The number of hydrogen-bond donors (Lipinski definition) is 1. The molecule has 20 heavy (non-hydrogen) atoms. The van der Waals surface area contributed by atoms with Crippen LogP contribution in [0.5, 0.6) is 0 Å². The minimum Gasteiger partial charge on any atom is -0.399 e. The number of nitrogen functional groups attached to an aromatic ring is 1. The standard InChI is InChI=1S/C17H17N3/c1-13(14-7-9-16(18)10-8-14)20-12-19-11-17(20)15-5-3-2-4-6-15/h2-13H,18H2,1H3. The average Bonchev–Trinajstić information content (AvgIpc) is 2.97. The van der Waals surface area contributed by atoms with Crippen LogP contribution < -0.4 is 5.73 Å². The number of anilines is 1. The second-order valence-electron chi connectivity index (χ2n) is 4.89. The Kier molecular flexibility index (Phi) is 3.25. The highest BCUT2D eigenvalue weighted by molar-refractivity contribution is 5.59. The van der Waals surface area contributed by atoms with E-state index in [-0.39, 0.29) is 6.04 Å². The van der Waals surface area contributed by atoms with Crippen molar-refractivity contribution < 1.29 is 0 Å². The van der Waals surface area contributed by atoms with Gasteiger partial charge in [0.1, 0.15) is 0 Å². The molecule has 1 heterocycles. The van der Waals surface area contributed by atoms with E-state index in [0.717, 1.165) is 11.4 Å². The van der Waals surface area contributed by atoms with Crippen molar-refractivity contribution in [1.82, 2.24) is 9.55 Å². The third-order valence-corrected chi connectivity index (χ3v) is 3.57. The Labute approximate surface area is 118 Å². The maximum atomic E-state index is 5.75. The van der Waals surface area contributed by atoms with E-state index in [1.54, 1.807) is 0 Å². The molecule has 0 aliphatic heterocycles. The van der Waals surface area contributed by atoms with E-state index in [2.05, 4.69) is 40.7 Å². The minimum atomic E-state index is 0.216. The van der Waals surface area contributed by atoms with Gasteiger partial charge in [-0.15, -0.1) is 0 Å². The van der Waals surface area contributed by atoms with Crippen LogP contribution in [0.1, 0.15) is 18.5 Å². The number of nitrogens with zero attached hydrogens (tertiary/aromatic N) is 2. The lowest BCUT2D eigenvalue weighted by Gasteiger charge is -2.17. The number of nitrogens with two attached hydrogens (primary N) is 1. The predicted octanol–water partition coefficient (Wildman–Crippen LogP) is 3.74. The zero-order valence-corrected chi connectivity index (χ0v) is 11.4. The Bertz CT molecular complexity index is 684. The molecule has 0 aliphatic carbocycles. The molecule has 0 spiro atoms. The quantitative estimate of drug-likeness (QED) is 0.731. The lowest BCUT2D eigenvalue weighted by Crippen LogP contribution is -2.07. The van der Waals surface area contributed by atoms with Crippen molar-refractivity contribution >= 4 is 5.69 Å². The molecule has 3 aromatic rings. The first-order valence-electron chi connectivity index (χ1n) is 6.68. The molecule has 0 fully saturated rings. The highest BCUT2D eigenvalue weighted by atomic mass is 15.1. The van der Waals surface area contributed by atoms with E-state index >= 15 is 0 Å². The fourth-order valence-corrected chi connectivity index (χ4v) is 2.38. The third-order valence-electron chi connectivity index (χ3n) is 3.57. The summed E-state index contributed by atoms with van der Waals surface area (Å²) in [5.41, 5.74) is 10.0. The average molecular weight is 263 g/mol. The zero-order chi connectivity index (χ0) is 13.9. The fourth-order valence-electron chi connectivity index (χ4n) is 2.38. The van der Waals surface area contributed by atoms with Crippen molar-refractivity contribution in [1.29, 1.82) is 0 Å². The molecule has 1 aromatic heterocycles. The van der Waals surface area contributed by atoms with Gasteiger partial charge < -0.3 is 10.3 Å². The highest BCUT2D eigenvalue weighted by Gasteiger charge is 2.12. The molecule has 0 bridgehead atoms.